The van der Waals surface area contributed by atoms with Crippen LogP contribution < -0.4 is 20.1 Å². The Labute approximate surface area is 314 Å². The summed E-state index contributed by atoms with van der Waals surface area (Å²) < 4.78 is 11.7. The summed E-state index contributed by atoms with van der Waals surface area (Å²) in [7, 11) is 0. The second-order valence-electron chi connectivity index (χ2n) is 11.0. The average Bonchev–Trinajstić information content (AvgIpc) is 3.14. The lowest BCUT2D eigenvalue weighted by Gasteiger charge is -2.11. The fraction of sp³-hybridized carbons (Fsp3) is 0.100. The molecule has 0 radical (unpaired) electrons. The number of anilines is 4. The van der Waals surface area contributed by atoms with E-state index in [1.54, 1.807) is 42.7 Å². The second kappa shape index (κ2) is 17.8. The van der Waals surface area contributed by atoms with Crippen molar-refractivity contribution in [2.24, 2.45) is 0 Å². The minimum absolute atomic E-state index is 0.103. The van der Waals surface area contributed by atoms with Crippen LogP contribution in [0.3, 0.4) is 0 Å². The molecule has 0 aliphatic heterocycles. The molecule has 0 spiro atoms. The van der Waals surface area contributed by atoms with Crippen molar-refractivity contribution in [2.45, 2.75) is 13.8 Å². The van der Waals surface area contributed by atoms with Crippen molar-refractivity contribution in [3.05, 3.63) is 142 Å². The highest BCUT2D eigenvalue weighted by Crippen LogP contribution is 2.29. The number of hydrogen-bond acceptors (Lipinski definition) is 8. The minimum Gasteiger partial charge on any atom is -0.494 e. The van der Waals surface area contributed by atoms with E-state index in [4.69, 9.17) is 21.1 Å². The number of carbonyl (C=O) groups is 2. The van der Waals surface area contributed by atoms with Crippen molar-refractivity contribution in [3.63, 3.8) is 0 Å². The van der Waals surface area contributed by atoms with Crippen LogP contribution in [-0.4, -0.2) is 45.3 Å². The average molecular weight is 782 g/mol. The highest BCUT2D eigenvalue weighted by molar-refractivity contribution is 9.10. The fourth-order valence-corrected chi connectivity index (χ4v) is 5.55. The second-order valence-corrected chi connectivity index (χ2v) is 12.4. The van der Waals surface area contributed by atoms with Crippen LogP contribution >= 0.6 is 27.5 Å². The molecule has 12 heteroatoms. The molecule has 0 atom stereocenters. The highest BCUT2D eigenvalue weighted by Gasteiger charge is 2.13. The van der Waals surface area contributed by atoms with E-state index in [-0.39, 0.29) is 11.1 Å². The summed E-state index contributed by atoms with van der Waals surface area (Å²) in [5, 5.41) is 25.2. The fourth-order valence-electron chi connectivity index (χ4n) is 5.02. The molecule has 0 amide bonds. The lowest BCUT2D eigenvalue weighted by atomic mass is 10.1. The van der Waals surface area contributed by atoms with Crippen molar-refractivity contribution in [3.8, 4) is 34.0 Å². The molecule has 0 fully saturated rings. The molecular weight excluding hydrogens is 748 g/mol. The number of nitrogens with one attached hydrogen (secondary N) is 2. The molecule has 10 nitrogen and oxygen atoms in total. The molecule has 264 valence electrons. The number of benzene rings is 4. The van der Waals surface area contributed by atoms with Crippen molar-refractivity contribution in [2.75, 3.05) is 23.8 Å². The normalized spacial score (nSPS) is 10.4. The molecule has 0 saturated carbocycles. The monoisotopic (exact) mass is 780 g/mol. The zero-order valence-corrected chi connectivity index (χ0v) is 30.5. The maximum Gasteiger partial charge on any atom is 0.337 e. The van der Waals surface area contributed by atoms with Crippen LogP contribution in [0.5, 0.6) is 11.5 Å². The number of hydrogen-bond donors (Lipinski definition) is 4. The molecule has 6 rings (SSSR count). The summed E-state index contributed by atoms with van der Waals surface area (Å²) in [4.78, 5) is 31.7. The standard InChI is InChI=1S/C20H17BrN2O3.C20H17ClN2O3/c2*1-2-26-16-5-3-4-13(10-16)18-9-7-15(12-22-18)23-19-8-6-14(21)11-17(19)20(24)25/h2*3-12,23H,2H2,1H3,(H,24,25). The molecule has 0 bridgehead atoms. The Hall–Kier alpha value is -5.91. The zero-order valence-electron chi connectivity index (χ0n) is 28.1. The van der Waals surface area contributed by atoms with Gasteiger partial charge in [-0.25, -0.2) is 9.59 Å². The van der Waals surface area contributed by atoms with E-state index in [2.05, 4.69) is 36.5 Å². The van der Waals surface area contributed by atoms with Crippen molar-refractivity contribution in [1.82, 2.24) is 9.97 Å². The number of ether oxygens (including phenoxy) is 2. The molecule has 4 aromatic carbocycles. The van der Waals surface area contributed by atoms with Crippen molar-refractivity contribution >= 4 is 62.2 Å². The number of rotatable bonds is 12. The molecule has 0 aliphatic carbocycles. The minimum atomic E-state index is -1.05. The lowest BCUT2D eigenvalue weighted by Crippen LogP contribution is -2.03. The van der Waals surface area contributed by atoms with Crippen LogP contribution in [0.4, 0.5) is 22.7 Å². The maximum absolute atomic E-state index is 11.4. The molecular formula is C40H34BrClN4O6. The smallest absolute Gasteiger partial charge is 0.337 e. The topological polar surface area (TPSA) is 143 Å². The first-order valence-corrected chi connectivity index (χ1v) is 17.3. The zero-order chi connectivity index (χ0) is 37.0. The Morgan fingerprint density at radius 1 is 0.654 bits per heavy atom. The third kappa shape index (κ3) is 10.1. The van der Waals surface area contributed by atoms with Gasteiger partial charge in [-0.3, -0.25) is 9.97 Å². The van der Waals surface area contributed by atoms with E-state index < -0.39 is 11.9 Å². The van der Waals surface area contributed by atoms with Crippen molar-refractivity contribution < 1.29 is 29.3 Å². The molecule has 0 aliphatic rings. The quantitative estimate of drug-likeness (QED) is 0.0947. The maximum atomic E-state index is 11.4. The predicted molar refractivity (Wildman–Crippen MR) is 208 cm³/mol. The Balaban J connectivity index is 0.000000201. The van der Waals surface area contributed by atoms with E-state index in [9.17, 15) is 19.8 Å². The van der Waals surface area contributed by atoms with Crippen LogP contribution in [-0.2, 0) is 0 Å². The lowest BCUT2D eigenvalue weighted by molar-refractivity contribution is 0.0687. The molecule has 52 heavy (non-hydrogen) atoms. The van der Waals surface area contributed by atoms with Gasteiger partial charge in [-0.15, -0.1) is 0 Å². The summed E-state index contributed by atoms with van der Waals surface area (Å²) in [6, 6.07) is 32.6. The van der Waals surface area contributed by atoms with Gasteiger partial charge in [0.15, 0.2) is 0 Å². The van der Waals surface area contributed by atoms with Crippen LogP contribution in [0.25, 0.3) is 22.5 Å². The number of pyridine rings is 2. The predicted octanol–water partition coefficient (Wildman–Crippen LogP) is 10.6. The number of carboxylic acid groups (broad SMARTS) is 2. The summed E-state index contributed by atoms with van der Waals surface area (Å²) in [5.74, 6) is -0.449. The Bertz CT molecular complexity index is 2010. The number of nitrogens with zero attached hydrogens (tertiary/aromatic N) is 2. The SMILES string of the molecule is CCOc1cccc(-c2ccc(Nc3ccc(Br)cc3C(=O)O)cn2)c1.CCOc1cccc(-c2ccc(Nc3ccc(Cl)cc3C(=O)O)cn2)c1. The Morgan fingerprint density at radius 3 is 1.58 bits per heavy atom. The molecule has 0 saturated heterocycles. The van der Waals surface area contributed by atoms with E-state index in [1.807, 2.05) is 86.6 Å². The van der Waals surface area contributed by atoms with E-state index in [1.165, 1.54) is 6.07 Å². The Kier molecular flexibility index (Phi) is 12.8. The number of aromatic carboxylic acids is 2. The van der Waals surface area contributed by atoms with Gasteiger partial charge in [0, 0.05) is 20.6 Å². The first kappa shape index (κ1) is 37.3. The van der Waals surface area contributed by atoms with Gasteiger partial charge >= 0.3 is 11.9 Å². The van der Waals surface area contributed by atoms with Gasteiger partial charge < -0.3 is 30.3 Å². The van der Waals surface area contributed by atoms with Gasteiger partial charge in [-0.1, -0.05) is 51.8 Å². The number of carboxylic acids is 2. The summed E-state index contributed by atoms with van der Waals surface area (Å²) >= 11 is 9.16. The number of halogens is 2. The number of aromatic nitrogens is 2. The van der Waals surface area contributed by atoms with Gasteiger partial charge in [0.25, 0.3) is 0 Å². The van der Waals surface area contributed by atoms with E-state index in [0.29, 0.717) is 45.5 Å². The van der Waals surface area contributed by atoms with Crippen molar-refractivity contribution in [1.29, 1.82) is 0 Å². The molecule has 0 unspecified atom stereocenters. The van der Waals surface area contributed by atoms with Crippen LogP contribution in [0, 0.1) is 0 Å². The van der Waals surface area contributed by atoms with Gasteiger partial charge in [0.2, 0.25) is 0 Å². The highest BCUT2D eigenvalue weighted by atomic mass is 79.9. The van der Waals surface area contributed by atoms with Crippen LogP contribution in [0.2, 0.25) is 5.02 Å². The first-order valence-electron chi connectivity index (χ1n) is 16.1. The summed E-state index contributed by atoms with van der Waals surface area (Å²) in [6.45, 7) is 5.10. The third-order valence-electron chi connectivity index (χ3n) is 7.39. The first-order chi connectivity index (χ1) is 25.1. The third-order valence-corrected chi connectivity index (χ3v) is 8.12. The molecule has 4 N–H and O–H groups in total. The van der Waals surface area contributed by atoms with Crippen LogP contribution in [0.1, 0.15) is 34.6 Å². The molecule has 2 aromatic heterocycles. The van der Waals surface area contributed by atoms with E-state index in [0.717, 1.165) is 34.0 Å². The largest absolute Gasteiger partial charge is 0.494 e. The van der Waals surface area contributed by atoms with Gasteiger partial charge in [0.1, 0.15) is 11.5 Å². The molecule has 2 heterocycles. The Morgan fingerprint density at radius 2 is 1.13 bits per heavy atom. The van der Waals surface area contributed by atoms with E-state index >= 15 is 0 Å². The van der Waals surface area contributed by atoms with Gasteiger partial charge in [0.05, 0.1) is 70.9 Å². The summed E-state index contributed by atoms with van der Waals surface area (Å²) in [5.41, 5.74) is 6.15. The molecule has 6 aromatic rings. The van der Waals surface area contributed by atoms with Gasteiger partial charge in [-0.05, 0) is 98.8 Å². The van der Waals surface area contributed by atoms with Crippen LogP contribution in [0.15, 0.2) is 126 Å². The summed E-state index contributed by atoms with van der Waals surface area (Å²) in [6.07, 6.45) is 3.33. The van der Waals surface area contributed by atoms with Gasteiger partial charge in [-0.2, -0.15) is 0 Å².